The number of amides is 2. The van der Waals surface area contributed by atoms with Gasteiger partial charge < -0.3 is 14.7 Å². The molecule has 1 N–H and O–H groups in total. The van der Waals surface area contributed by atoms with Gasteiger partial charge in [-0.15, -0.1) is 0 Å². The lowest BCUT2D eigenvalue weighted by Gasteiger charge is -2.15. The minimum absolute atomic E-state index is 0.0307. The third kappa shape index (κ3) is 4.09. The first-order valence-corrected chi connectivity index (χ1v) is 9.15. The molecule has 0 radical (unpaired) electrons. The summed E-state index contributed by atoms with van der Waals surface area (Å²) in [7, 11) is 0. The van der Waals surface area contributed by atoms with Crippen LogP contribution < -0.4 is 5.32 Å². The van der Waals surface area contributed by atoms with Crippen LogP contribution in [0.15, 0.2) is 65.3 Å². The Balaban J connectivity index is 1.31. The molecule has 0 unspecified atom stereocenters. The Morgan fingerprint density at radius 1 is 1.18 bits per heavy atom. The van der Waals surface area contributed by atoms with Crippen molar-refractivity contribution in [3.05, 3.63) is 72.2 Å². The number of aromatic nitrogens is 2. The molecule has 28 heavy (non-hydrogen) atoms. The van der Waals surface area contributed by atoms with Crippen LogP contribution in [0.4, 0.5) is 0 Å². The normalized spacial score (nSPS) is 16.4. The van der Waals surface area contributed by atoms with E-state index in [0.29, 0.717) is 18.8 Å². The van der Waals surface area contributed by atoms with Gasteiger partial charge in [-0.3, -0.25) is 14.6 Å². The molecule has 0 spiro atoms. The Bertz CT molecular complexity index is 956. The first-order valence-electron chi connectivity index (χ1n) is 9.15. The van der Waals surface area contributed by atoms with E-state index in [-0.39, 0.29) is 30.7 Å². The fourth-order valence-electron chi connectivity index (χ4n) is 3.25. The zero-order chi connectivity index (χ0) is 19.3. The zero-order valence-electron chi connectivity index (χ0n) is 15.2. The minimum atomic E-state index is -0.368. The number of nitrogens with zero attached hydrogens (tertiary/aromatic N) is 3. The number of carbonyl (C=O) groups excluding carboxylic acids is 2. The maximum atomic E-state index is 12.5. The lowest BCUT2D eigenvalue weighted by atomic mass is 10.1. The van der Waals surface area contributed by atoms with Gasteiger partial charge >= 0.3 is 0 Å². The van der Waals surface area contributed by atoms with Crippen LogP contribution in [0.2, 0.25) is 0 Å². The lowest BCUT2D eigenvalue weighted by Crippen LogP contribution is -2.32. The predicted molar refractivity (Wildman–Crippen MR) is 102 cm³/mol. The van der Waals surface area contributed by atoms with Crippen LogP contribution >= 0.6 is 0 Å². The smallest absolute Gasteiger partial charge is 0.225 e. The van der Waals surface area contributed by atoms with E-state index in [2.05, 4.69) is 15.5 Å². The van der Waals surface area contributed by atoms with Crippen molar-refractivity contribution >= 4 is 11.8 Å². The number of hydrogen-bond acceptors (Lipinski definition) is 5. The van der Waals surface area contributed by atoms with Crippen LogP contribution in [0.5, 0.6) is 0 Å². The van der Waals surface area contributed by atoms with Gasteiger partial charge in [-0.05, 0) is 12.1 Å². The van der Waals surface area contributed by atoms with Gasteiger partial charge in [-0.1, -0.05) is 41.6 Å². The van der Waals surface area contributed by atoms with Crippen LogP contribution in [-0.4, -0.2) is 33.4 Å². The summed E-state index contributed by atoms with van der Waals surface area (Å²) in [5, 5.41) is 6.88. The number of hydrogen-bond donors (Lipinski definition) is 1. The molecule has 1 fully saturated rings. The standard InChI is InChI=1S/C21H20N4O3/c26-20-10-16(13-25(20)14-17-8-4-5-9-22-17)21(27)23-12-18-11-19(24-28-18)15-6-2-1-3-7-15/h1-9,11,16H,10,12-14H2,(H,23,27)/t16-/m1/s1. The van der Waals surface area contributed by atoms with E-state index in [1.54, 1.807) is 11.1 Å². The first-order chi connectivity index (χ1) is 13.7. The minimum Gasteiger partial charge on any atom is -0.359 e. The zero-order valence-corrected chi connectivity index (χ0v) is 15.2. The lowest BCUT2D eigenvalue weighted by molar-refractivity contribution is -0.129. The highest BCUT2D eigenvalue weighted by Gasteiger charge is 2.34. The summed E-state index contributed by atoms with van der Waals surface area (Å²) in [6.45, 7) is 1.06. The Morgan fingerprint density at radius 2 is 2.00 bits per heavy atom. The molecule has 1 aliphatic heterocycles. The summed E-state index contributed by atoms with van der Waals surface area (Å²) >= 11 is 0. The van der Waals surface area contributed by atoms with Crippen LogP contribution in [0.3, 0.4) is 0 Å². The molecule has 4 rings (SSSR count). The van der Waals surface area contributed by atoms with Crippen molar-refractivity contribution in [2.75, 3.05) is 6.54 Å². The van der Waals surface area contributed by atoms with E-state index in [1.165, 1.54) is 0 Å². The maximum Gasteiger partial charge on any atom is 0.225 e. The third-order valence-electron chi connectivity index (χ3n) is 4.73. The quantitative estimate of drug-likeness (QED) is 0.714. The average molecular weight is 376 g/mol. The third-order valence-corrected chi connectivity index (χ3v) is 4.73. The van der Waals surface area contributed by atoms with Gasteiger partial charge in [0.2, 0.25) is 11.8 Å². The summed E-state index contributed by atoms with van der Waals surface area (Å²) in [4.78, 5) is 30.6. The molecule has 0 bridgehead atoms. The number of rotatable bonds is 6. The second kappa shape index (κ2) is 8.04. The van der Waals surface area contributed by atoms with Gasteiger partial charge in [-0.2, -0.15) is 0 Å². The average Bonchev–Trinajstić information content (AvgIpc) is 3.35. The summed E-state index contributed by atoms with van der Waals surface area (Å²) in [5.41, 5.74) is 2.49. The monoisotopic (exact) mass is 376 g/mol. The second-order valence-electron chi connectivity index (χ2n) is 6.76. The molecule has 2 aromatic heterocycles. The largest absolute Gasteiger partial charge is 0.359 e. The van der Waals surface area contributed by atoms with E-state index >= 15 is 0 Å². The Kier molecular flexibility index (Phi) is 5.14. The molecule has 3 heterocycles. The van der Waals surface area contributed by atoms with Crippen molar-refractivity contribution in [3.8, 4) is 11.3 Å². The topological polar surface area (TPSA) is 88.3 Å². The molecule has 142 valence electrons. The van der Waals surface area contributed by atoms with Crippen molar-refractivity contribution in [1.82, 2.24) is 20.4 Å². The first kappa shape index (κ1) is 17.9. The SMILES string of the molecule is O=C(NCc1cc(-c2ccccc2)no1)[C@@H]1CC(=O)N(Cc2ccccn2)C1. The number of pyridine rings is 1. The molecule has 7 heteroatoms. The Morgan fingerprint density at radius 3 is 2.79 bits per heavy atom. The Labute approximate surface area is 162 Å². The molecule has 3 aromatic rings. The van der Waals surface area contributed by atoms with Gasteiger partial charge in [0.15, 0.2) is 5.76 Å². The van der Waals surface area contributed by atoms with Gasteiger partial charge in [0.25, 0.3) is 0 Å². The Hall–Kier alpha value is -3.48. The van der Waals surface area contributed by atoms with Crippen molar-refractivity contribution in [2.45, 2.75) is 19.5 Å². The molecule has 2 amide bonds. The van der Waals surface area contributed by atoms with E-state index in [1.807, 2.05) is 54.6 Å². The van der Waals surface area contributed by atoms with Crippen LogP contribution in [0.1, 0.15) is 17.9 Å². The van der Waals surface area contributed by atoms with Crippen molar-refractivity contribution in [3.63, 3.8) is 0 Å². The predicted octanol–water partition coefficient (Wildman–Crippen LogP) is 2.40. The molecular weight excluding hydrogens is 356 g/mol. The molecule has 1 atom stereocenters. The summed E-state index contributed by atoms with van der Waals surface area (Å²) in [5.74, 6) is 0.0148. The van der Waals surface area contributed by atoms with Crippen molar-refractivity contribution in [1.29, 1.82) is 0 Å². The summed E-state index contributed by atoms with van der Waals surface area (Å²) < 4.78 is 5.30. The van der Waals surface area contributed by atoms with E-state index in [4.69, 9.17) is 4.52 Å². The van der Waals surface area contributed by atoms with E-state index in [9.17, 15) is 9.59 Å². The van der Waals surface area contributed by atoms with Crippen LogP contribution in [0.25, 0.3) is 11.3 Å². The fourth-order valence-corrected chi connectivity index (χ4v) is 3.25. The second-order valence-corrected chi connectivity index (χ2v) is 6.76. The number of nitrogens with one attached hydrogen (secondary N) is 1. The molecule has 0 aliphatic carbocycles. The molecule has 0 saturated carbocycles. The highest BCUT2D eigenvalue weighted by molar-refractivity contribution is 5.89. The maximum absolute atomic E-state index is 12.5. The number of likely N-dealkylation sites (tertiary alicyclic amines) is 1. The van der Waals surface area contributed by atoms with Gasteiger partial charge in [0.05, 0.1) is 24.7 Å². The summed E-state index contributed by atoms with van der Waals surface area (Å²) in [6, 6.07) is 17.1. The van der Waals surface area contributed by atoms with Crippen LogP contribution in [0, 0.1) is 5.92 Å². The number of benzene rings is 1. The van der Waals surface area contributed by atoms with Crippen molar-refractivity contribution in [2.24, 2.45) is 5.92 Å². The molecule has 1 saturated heterocycles. The number of carbonyl (C=O) groups is 2. The van der Waals surface area contributed by atoms with Gasteiger partial charge in [0, 0.05) is 30.8 Å². The van der Waals surface area contributed by atoms with Gasteiger partial charge in [-0.25, -0.2) is 0 Å². The van der Waals surface area contributed by atoms with Crippen molar-refractivity contribution < 1.29 is 14.1 Å². The highest BCUT2D eigenvalue weighted by atomic mass is 16.5. The molecule has 7 nitrogen and oxygen atoms in total. The molecule has 1 aromatic carbocycles. The highest BCUT2D eigenvalue weighted by Crippen LogP contribution is 2.21. The van der Waals surface area contributed by atoms with Crippen LogP contribution in [-0.2, 0) is 22.7 Å². The summed E-state index contributed by atoms with van der Waals surface area (Å²) in [6.07, 6.45) is 1.91. The fraction of sp³-hybridized carbons (Fsp3) is 0.238. The van der Waals surface area contributed by atoms with Gasteiger partial charge in [0.1, 0.15) is 5.69 Å². The van der Waals surface area contributed by atoms with E-state index in [0.717, 1.165) is 17.0 Å². The molecular formula is C21H20N4O3. The molecule has 1 aliphatic rings. The van der Waals surface area contributed by atoms with E-state index < -0.39 is 0 Å².